The van der Waals surface area contributed by atoms with Crippen LogP contribution in [-0.4, -0.2) is 18.3 Å². The summed E-state index contributed by atoms with van der Waals surface area (Å²) in [6.45, 7) is 1.76. The van der Waals surface area contributed by atoms with E-state index in [4.69, 9.17) is 15.9 Å². The second-order valence-corrected chi connectivity index (χ2v) is 3.81. The summed E-state index contributed by atoms with van der Waals surface area (Å²) in [7, 11) is 6.89. The maximum Gasteiger partial charge on any atom is 0.0669 e. The fourth-order valence-corrected chi connectivity index (χ4v) is 1.96. The van der Waals surface area contributed by atoms with Crippen LogP contribution in [0.1, 0.15) is 6.42 Å². The third kappa shape index (κ3) is 2.05. The molecule has 1 aliphatic rings. The average Bonchev–Trinajstić information content (AvgIpc) is 2.05. The van der Waals surface area contributed by atoms with E-state index in [0.29, 0.717) is 5.25 Å². The van der Waals surface area contributed by atoms with Crippen LogP contribution in [0.3, 0.4) is 0 Å². The Balaban J connectivity index is 2.33. The predicted octanol–water partition coefficient (Wildman–Crippen LogP) is 1.38. The van der Waals surface area contributed by atoms with E-state index in [-0.39, 0.29) is 5.92 Å². The first-order valence-corrected chi connectivity index (χ1v) is 4.95. The van der Waals surface area contributed by atoms with Gasteiger partial charge in [0.15, 0.2) is 0 Å². The van der Waals surface area contributed by atoms with Crippen LogP contribution in [0.25, 0.3) is 0 Å². The van der Waals surface area contributed by atoms with E-state index in [9.17, 15) is 0 Å². The molecular formula is C6H9ClN2S. The molecule has 0 radical (unpaired) electrons. The molecule has 1 aliphatic heterocycles. The fraction of sp³-hybridized carbons (Fsp3) is 0.833. The molecule has 0 aliphatic carbocycles. The molecule has 2 unspecified atom stereocenters. The highest BCUT2D eigenvalue weighted by Gasteiger charge is 2.20. The third-order valence-corrected chi connectivity index (χ3v) is 2.99. The molecule has 1 rings (SSSR count). The lowest BCUT2D eigenvalue weighted by molar-refractivity contribution is 0.457. The van der Waals surface area contributed by atoms with Gasteiger partial charge in [0.2, 0.25) is 0 Å². The molecule has 1 N–H and O–H groups in total. The van der Waals surface area contributed by atoms with E-state index in [2.05, 4.69) is 11.4 Å². The molecule has 4 heteroatoms. The van der Waals surface area contributed by atoms with Crippen LogP contribution < -0.4 is 5.32 Å². The summed E-state index contributed by atoms with van der Waals surface area (Å²) in [5.74, 6) is 0.157. The Hall–Kier alpha value is 0.0900. The topological polar surface area (TPSA) is 35.8 Å². The molecule has 0 aromatic carbocycles. The molecule has 1 fully saturated rings. The summed E-state index contributed by atoms with van der Waals surface area (Å²) in [4.78, 5) is 0. The van der Waals surface area contributed by atoms with Gasteiger partial charge in [-0.25, -0.2) is 0 Å². The van der Waals surface area contributed by atoms with E-state index in [0.717, 1.165) is 19.5 Å². The Bertz CT molecular complexity index is 145. The second kappa shape index (κ2) is 4.07. The molecule has 0 amide bonds. The summed E-state index contributed by atoms with van der Waals surface area (Å²) in [6.07, 6.45) is 0.928. The maximum atomic E-state index is 8.56. The minimum atomic E-state index is 0.157. The highest BCUT2D eigenvalue weighted by molar-refractivity contribution is 8.21. The monoisotopic (exact) mass is 176 g/mol. The van der Waals surface area contributed by atoms with Crippen LogP contribution >= 0.6 is 21.7 Å². The Kier molecular flexibility index (Phi) is 3.33. The number of rotatable bonds is 1. The number of hydrogen-bond acceptors (Lipinski definition) is 3. The van der Waals surface area contributed by atoms with Gasteiger partial charge in [-0.1, -0.05) is 11.0 Å². The highest BCUT2D eigenvalue weighted by atomic mass is 35.7. The van der Waals surface area contributed by atoms with Crippen molar-refractivity contribution in [3.63, 3.8) is 0 Å². The van der Waals surface area contributed by atoms with E-state index in [1.54, 1.807) is 0 Å². The SMILES string of the molecule is N#CC1CNCC(SCl)C1. The fourth-order valence-electron chi connectivity index (χ4n) is 1.07. The van der Waals surface area contributed by atoms with Crippen molar-refractivity contribution in [2.75, 3.05) is 13.1 Å². The lowest BCUT2D eigenvalue weighted by atomic mass is 10.0. The second-order valence-electron chi connectivity index (χ2n) is 2.43. The van der Waals surface area contributed by atoms with Gasteiger partial charge in [0.05, 0.1) is 12.0 Å². The summed E-state index contributed by atoms with van der Waals surface area (Å²) in [5.41, 5.74) is 0. The smallest absolute Gasteiger partial charge is 0.0669 e. The van der Waals surface area contributed by atoms with E-state index in [1.807, 2.05) is 0 Å². The van der Waals surface area contributed by atoms with Gasteiger partial charge in [0.25, 0.3) is 0 Å². The molecule has 2 nitrogen and oxygen atoms in total. The van der Waals surface area contributed by atoms with Gasteiger partial charge in [0.1, 0.15) is 0 Å². The van der Waals surface area contributed by atoms with Crippen molar-refractivity contribution < 1.29 is 0 Å². The largest absolute Gasteiger partial charge is 0.314 e. The molecule has 0 aromatic rings. The van der Waals surface area contributed by atoms with Crippen LogP contribution in [0, 0.1) is 17.2 Å². The third-order valence-electron chi connectivity index (χ3n) is 1.62. The van der Waals surface area contributed by atoms with Gasteiger partial charge in [0, 0.05) is 18.3 Å². The van der Waals surface area contributed by atoms with Crippen LogP contribution in [0.15, 0.2) is 0 Å². The Morgan fingerprint density at radius 2 is 2.40 bits per heavy atom. The quantitative estimate of drug-likeness (QED) is 0.656. The molecule has 0 aromatic heterocycles. The maximum absolute atomic E-state index is 8.56. The first-order valence-electron chi connectivity index (χ1n) is 3.24. The van der Waals surface area contributed by atoms with Gasteiger partial charge in [-0.05, 0) is 17.1 Å². The minimum absolute atomic E-state index is 0.157. The molecule has 10 heavy (non-hydrogen) atoms. The number of piperidine rings is 1. The number of nitriles is 1. The first-order chi connectivity index (χ1) is 4.86. The van der Waals surface area contributed by atoms with Gasteiger partial charge in [-0.2, -0.15) is 5.26 Å². The van der Waals surface area contributed by atoms with Crippen LogP contribution in [0.2, 0.25) is 0 Å². The zero-order valence-electron chi connectivity index (χ0n) is 5.51. The zero-order chi connectivity index (χ0) is 7.40. The number of halogens is 1. The molecule has 0 saturated carbocycles. The van der Waals surface area contributed by atoms with Crippen LogP contribution in [0.5, 0.6) is 0 Å². The summed E-state index contributed by atoms with van der Waals surface area (Å²) >= 11 is 0. The first kappa shape index (κ1) is 8.19. The van der Waals surface area contributed by atoms with Gasteiger partial charge in [-0.3, -0.25) is 0 Å². The zero-order valence-corrected chi connectivity index (χ0v) is 7.08. The molecule has 2 atom stereocenters. The van der Waals surface area contributed by atoms with Gasteiger partial charge in [-0.15, -0.1) is 0 Å². The normalized spacial score (nSPS) is 33.2. The van der Waals surface area contributed by atoms with Crippen molar-refractivity contribution in [2.24, 2.45) is 5.92 Å². The Morgan fingerprint density at radius 1 is 1.60 bits per heavy atom. The van der Waals surface area contributed by atoms with Crippen molar-refractivity contribution in [2.45, 2.75) is 11.7 Å². The Labute approximate surface area is 69.4 Å². The molecule has 0 bridgehead atoms. The number of nitrogens with one attached hydrogen (secondary N) is 1. The van der Waals surface area contributed by atoms with Crippen molar-refractivity contribution in [1.82, 2.24) is 5.32 Å². The number of hydrogen-bond donors (Lipinski definition) is 1. The Morgan fingerprint density at radius 3 is 3.00 bits per heavy atom. The van der Waals surface area contributed by atoms with Crippen molar-refractivity contribution in [1.29, 1.82) is 5.26 Å². The molecule has 56 valence electrons. The molecule has 0 spiro atoms. The standard InChI is InChI=1S/C6H9ClN2S/c7-10-6-1-5(2-8)3-9-4-6/h5-6,9H,1,3-4H2. The predicted molar refractivity (Wildman–Crippen MR) is 43.8 cm³/mol. The highest BCUT2D eigenvalue weighted by Crippen LogP contribution is 2.24. The molecule has 1 heterocycles. The van der Waals surface area contributed by atoms with Crippen LogP contribution in [0.4, 0.5) is 0 Å². The lowest BCUT2D eigenvalue weighted by Gasteiger charge is -2.23. The van der Waals surface area contributed by atoms with Crippen LogP contribution in [-0.2, 0) is 0 Å². The lowest BCUT2D eigenvalue weighted by Crippen LogP contribution is -2.36. The van der Waals surface area contributed by atoms with E-state index < -0.39 is 0 Å². The summed E-state index contributed by atoms with van der Waals surface area (Å²) in [6, 6.07) is 2.23. The van der Waals surface area contributed by atoms with Gasteiger partial charge >= 0.3 is 0 Å². The summed E-state index contributed by atoms with van der Waals surface area (Å²) in [5, 5.41) is 12.1. The van der Waals surface area contributed by atoms with Crippen molar-refractivity contribution in [3.8, 4) is 6.07 Å². The van der Waals surface area contributed by atoms with E-state index in [1.165, 1.54) is 11.0 Å². The molecular weight excluding hydrogens is 168 g/mol. The van der Waals surface area contributed by atoms with Crippen molar-refractivity contribution in [3.05, 3.63) is 0 Å². The van der Waals surface area contributed by atoms with Gasteiger partial charge < -0.3 is 5.32 Å². The van der Waals surface area contributed by atoms with E-state index >= 15 is 0 Å². The minimum Gasteiger partial charge on any atom is -0.314 e. The average molecular weight is 177 g/mol. The summed E-state index contributed by atoms with van der Waals surface area (Å²) < 4.78 is 0. The number of nitrogens with zero attached hydrogens (tertiary/aromatic N) is 1. The molecule has 1 saturated heterocycles. The van der Waals surface area contributed by atoms with Crippen molar-refractivity contribution >= 4 is 21.7 Å².